The molecule has 1 aromatic carbocycles. The number of hydrogen-bond acceptors (Lipinski definition) is 5. The van der Waals surface area contributed by atoms with Crippen LogP contribution in [0.25, 0.3) is 11.0 Å². The van der Waals surface area contributed by atoms with E-state index < -0.39 is 0 Å². The molecule has 0 saturated carbocycles. The average molecular weight is 315 g/mol. The van der Waals surface area contributed by atoms with Gasteiger partial charge in [-0.25, -0.2) is 9.97 Å². The first-order valence-corrected chi connectivity index (χ1v) is 7.49. The zero-order chi connectivity index (χ0) is 17.0. The van der Waals surface area contributed by atoms with Gasteiger partial charge in [0.15, 0.2) is 0 Å². The van der Waals surface area contributed by atoms with Crippen LogP contribution in [0, 0.1) is 13.8 Å². The highest BCUT2D eigenvalue weighted by atomic mass is 16.5. The molecular weight excluding hydrogens is 294 g/mol. The van der Waals surface area contributed by atoms with Crippen LogP contribution in [-0.2, 0) is 9.53 Å². The van der Waals surface area contributed by atoms with Crippen molar-refractivity contribution in [2.24, 2.45) is 0 Å². The molecule has 0 N–H and O–H groups in total. The van der Waals surface area contributed by atoms with Crippen LogP contribution < -0.4 is 0 Å². The maximum absolute atomic E-state index is 12.4. The molecule has 0 aliphatic heterocycles. The molecule has 1 amide bonds. The fraction of sp³-hybridized carbons (Fsp3) is 0.412. The van der Waals surface area contributed by atoms with E-state index >= 15 is 0 Å². The summed E-state index contributed by atoms with van der Waals surface area (Å²) in [4.78, 5) is 34.1. The number of carbonyl (C=O) groups excluding carboxylic acids is 2. The maximum atomic E-state index is 12.4. The number of esters is 1. The molecule has 1 heterocycles. The van der Waals surface area contributed by atoms with E-state index in [0.29, 0.717) is 30.5 Å². The number of aromatic nitrogens is 2. The lowest BCUT2D eigenvalue weighted by molar-refractivity contribution is -0.140. The Morgan fingerprint density at radius 2 is 1.78 bits per heavy atom. The highest BCUT2D eigenvalue weighted by Crippen LogP contribution is 2.15. The lowest BCUT2D eigenvalue weighted by atomic mass is 10.1. The second-order valence-electron chi connectivity index (χ2n) is 5.50. The molecular formula is C17H21N3O3. The van der Waals surface area contributed by atoms with Crippen LogP contribution >= 0.6 is 0 Å². The Kier molecular flexibility index (Phi) is 5.26. The van der Waals surface area contributed by atoms with Crippen LogP contribution in [-0.4, -0.2) is 47.4 Å². The first-order valence-electron chi connectivity index (χ1n) is 7.49. The third-order valence-corrected chi connectivity index (χ3v) is 3.77. The number of benzene rings is 1. The van der Waals surface area contributed by atoms with Crippen molar-refractivity contribution < 1.29 is 14.3 Å². The molecule has 122 valence electrons. The maximum Gasteiger partial charge on any atom is 0.305 e. The Bertz CT molecular complexity index is 743. The van der Waals surface area contributed by atoms with Gasteiger partial charge in [-0.1, -0.05) is 0 Å². The van der Waals surface area contributed by atoms with E-state index in [9.17, 15) is 9.59 Å². The van der Waals surface area contributed by atoms with E-state index in [1.807, 2.05) is 19.9 Å². The normalized spacial score (nSPS) is 10.6. The van der Waals surface area contributed by atoms with E-state index in [0.717, 1.165) is 16.9 Å². The van der Waals surface area contributed by atoms with Crippen LogP contribution in [0.4, 0.5) is 0 Å². The molecule has 0 atom stereocenters. The van der Waals surface area contributed by atoms with Gasteiger partial charge in [-0.3, -0.25) is 9.59 Å². The highest BCUT2D eigenvalue weighted by molar-refractivity contribution is 5.97. The van der Waals surface area contributed by atoms with Gasteiger partial charge >= 0.3 is 5.97 Å². The third-order valence-electron chi connectivity index (χ3n) is 3.77. The van der Waals surface area contributed by atoms with E-state index in [1.165, 1.54) is 7.11 Å². The van der Waals surface area contributed by atoms with Crippen LogP contribution in [0.3, 0.4) is 0 Å². The fourth-order valence-electron chi connectivity index (χ4n) is 2.25. The second-order valence-corrected chi connectivity index (χ2v) is 5.50. The van der Waals surface area contributed by atoms with Crippen molar-refractivity contribution >= 4 is 22.9 Å². The second kappa shape index (κ2) is 7.17. The van der Waals surface area contributed by atoms with Gasteiger partial charge in [-0.2, -0.15) is 0 Å². The monoisotopic (exact) mass is 315 g/mol. The minimum atomic E-state index is -0.266. The van der Waals surface area contributed by atoms with Crippen molar-refractivity contribution in [3.05, 3.63) is 35.2 Å². The SMILES string of the molecule is COC(=O)CCCN(C)C(=O)c1ccc2nc(C)c(C)nc2c1. The van der Waals surface area contributed by atoms with Crippen molar-refractivity contribution in [2.45, 2.75) is 26.7 Å². The molecule has 0 saturated heterocycles. The summed E-state index contributed by atoms with van der Waals surface area (Å²) in [6, 6.07) is 5.32. The van der Waals surface area contributed by atoms with Gasteiger partial charge < -0.3 is 9.64 Å². The van der Waals surface area contributed by atoms with E-state index in [-0.39, 0.29) is 11.9 Å². The van der Waals surface area contributed by atoms with Crippen molar-refractivity contribution in [3.63, 3.8) is 0 Å². The number of nitrogens with zero attached hydrogens (tertiary/aromatic N) is 3. The van der Waals surface area contributed by atoms with Gasteiger partial charge in [0.1, 0.15) is 0 Å². The molecule has 0 aliphatic carbocycles. The van der Waals surface area contributed by atoms with Gasteiger partial charge in [-0.15, -0.1) is 0 Å². The van der Waals surface area contributed by atoms with Crippen molar-refractivity contribution in [1.29, 1.82) is 0 Å². The van der Waals surface area contributed by atoms with Crippen molar-refractivity contribution in [1.82, 2.24) is 14.9 Å². The Balaban J connectivity index is 2.11. The Labute approximate surface area is 135 Å². The number of aryl methyl sites for hydroxylation is 2. The molecule has 1 aromatic heterocycles. The summed E-state index contributed by atoms with van der Waals surface area (Å²) in [6.45, 7) is 4.30. The third kappa shape index (κ3) is 4.03. The van der Waals surface area contributed by atoms with E-state index in [1.54, 1.807) is 24.1 Å². The van der Waals surface area contributed by atoms with Gasteiger partial charge in [0, 0.05) is 25.6 Å². The highest BCUT2D eigenvalue weighted by Gasteiger charge is 2.13. The topological polar surface area (TPSA) is 72.4 Å². The first kappa shape index (κ1) is 16.9. The zero-order valence-corrected chi connectivity index (χ0v) is 13.9. The number of carbonyl (C=O) groups is 2. The zero-order valence-electron chi connectivity index (χ0n) is 13.9. The number of fused-ring (bicyclic) bond motifs is 1. The summed E-state index contributed by atoms with van der Waals surface area (Å²) in [7, 11) is 3.08. The predicted octanol–water partition coefficient (Wildman–Crippen LogP) is 2.27. The minimum absolute atomic E-state index is 0.100. The molecule has 2 aromatic rings. The van der Waals surface area contributed by atoms with Crippen molar-refractivity contribution in [3.8, 4) is 0 Å². The molecule has 0 fully saturated rings. The largest absolute Gasteiger partial charge is 0.469 e. The summed E-state index contributed by atoms with van der Waals surface area (Å²) >= 11 is 0. The summed E-state index contributed by atoms with van der Waals surface area (Å²) in [6.07, 6.45) is 0.871. The lowest BCUT2D eigenvalue weighted by Crippen LogP contribution is -2.28. The molecule has 6 nitrogen and oxygen atoms in total. The Morgan fingerprint density at radius 3 is 2.43 bits per heavy atom. The van der Waals surface area contributed by atoms with Crippen LogP contribution in [0.1, 0.15) is 34.6 Å². The number of rotatable bonds is 5. The van der Waals surface area contributed by atoms with Crippen LogP contribution in [0.15, 0.2) is 18.2 Å². The molecule has 23 heavy (non-hydrogen) atoms. The Morgan fingerprint density at radius 1 is 1.13 bits per heavy atom. The smallest absolute Gasteiger partial charge is 0.305 e. The summed E-state index contributed by atoms with van der Waals surface area (Å²) in [5.41, 5.74) is 3.79. The predicted molar refractivity (Wildman–Crippen MR) is 87.2 cm³/mol. The Hall–Kier alpha value is -2.50. The van der Waals surface area contributed by atoms with Gasteiger partial charge in [-0.05, 0) is 38.5 Å². The molecule has 6 heteroatoms. The number of ether oxygens (including phenoxy) is 1. The molecule has 0 unspecified atom stereocenters. The van der Waals surface area contributed by atoms with Crippen LogP contribution in [0.2, 0.25) is 0 Å². The number of hydrogen-bond donors (Lipinski definition) is 0. The molecule has 0 spiro atoms. The summed E-state index contributed by atoms with van der Waals surface area (Å²) in [5.74, 6) is -0.366. The van der Waals surface area contributed by atoms with Gasteiger partial charge in [0.2, 0.25) is 0 Å². The van der Waals surface area contributed by atoms with Crippen molar-refractivity contribution in [2.75, 3.05) is 20.7 Å². The van der Waals surface area contributed by atoms with Crippen LogP contribution in [0.5, 0.6) is 0 Å². The number of methoxy groups -OCH3 is 1. The number of amides is 1. The molecule has 0 radical (unpaired) electrons. The quantitative estimate of drug-likeness (QED) is 0.791. The summed E-state index contributed by atoms with van der Waals surface area (Å²) in [5, 5.41) is 0. The average Bonchev–Trinajstić information content (AvgIpc) is 2.54. The van der Waals surface area contributed by atoms with E-state index in [2.05, 4.69) is 14.7 Å². The molecule has 0 bridgehead atoms. The minimum Gasteiger partial charge on any atom is -0.469 e. The summed E-state index contributed by atoms with van der Waals surface area (Å²) < 4.78 is 4.59. The lowest BCUT2D eigenvalue weighted by Gasteiger charge is -2.17. The van der Waals surface area contributed by atoms with E-state index in [4.69, 9.17) is 0 Å². The standard InChI is InChI=1S/C17H21N3O3/c1-11-12(2)19-15-10-13(7-8-14(15)18-11)17(22)20(3)9-5-6-16(21)23-4/h7-8,10H,5-6,9H2,1-4H3. The van der Waals surface area contributed by atoms with Gasteiger partial charge in [0.05, 0.1) is 29.5 Å². The van der Waals surface area contributed by atoms with Gasteiger partial charge in [0.25, 0.3) is 5.91 Å². The molecule has 2 rings (SSSR count). The fourth-order valence-corrected chi connectivity index (χ4v) is 2.25. The molecule has 0 aliphatic rings. The first-order chi connectivity index (χ1) is 10.9.